The van der Waals surface area contributed by atoms with Crippen molar-refractivity contribution in [2.24, 2.45) is 5.92 Å². The highest BCUT2D eigenvalue weighted by Gasteiger charge is 2.35. The molecule has 2 atom stereocenters. The van der Waals surface area contributed by atoms with Crippen molar-refractivity contribution in [3.05, 3.63) is 40.2 Å². The van der Waals surface area contributed by atoms with Crippen LogP contribution in [-0.2, 0) is 24.3 Å². The lowest BCUT2D eigenvalue weighted by atomic mass is 10.1. The first-order valence-electron chi connectivity index (χ1n) is 10.7. The Hall–Kier alpha value is -2.28. The topological polar surface area (TPSA) is 67.2 Å². The number of carbonyl (C=O) groups excluding carboxylic acids is 1. The van der Waals surface area contributed by atoms with Gasteiger partial charge in [0, 0.05) is 49.2 Å². The van der Waals surface area contributed by atoms with Gasteiger partial charge in [-0.3, -0.25) is 9.48 Å². The minimum atomic E-state index is -0.126. The molecule has 2 aliphatic rings. The van der Waals surface area contributed by atoms with Gasteiger partial charge in [0.25, 0.3) is 0 Å². The number of likely N-dealkylation sites (N-methyl/N-ethyl adjacent to an activating group) is 1. The van der Waals surface area contributed by atoms with Crippen LogP contribution < -0.4 is 0 Å². The molecule has 0 aromatic carbocycles. The minimum Gasteiger partial charge on any atom is -0.332 e. The molecule has 2 aromatic rings. The van der Waals surface area contributed by atoms with E-state index in [2.05, 4.69) is 35.9 Å². The van der Waals surface area contributed by atoms with E-state index in [9.17, 15) is 4.79 Å². The minimum absolute atomic E-state index is 0.00269. The second kappa shape index (κ2) is 7.86. The first-order chi connectivity index (χ1) is 13.8. The zero-order valence-corrected chi connectivity index (χ0v) is 18.3. The zero-order chi connectivity index (χ0) is 20.7. The van der Waals surface area contributed by atoms with Crippen LogP contribution in [0.15, 0.2) is 6.20 Å². The number of amides is 1. The molecular formula is C22H32N6O. The third-order valence-corrected chi connectivity index (χ3v) is 6.59. The lowest BCUT2D eigenvalue weighted by Crippen LogP contribution is -2.37. The Labute approximate surface area is 173 Å². The van der Waals surface area contributed by atoms with Crippen LogP contribution in [0.3, 0.4) is 0 Å². The molecule has 4 heterocycles. The molecule has 29 heavy (non-hydrogen) atoms. The Bertz CT molecular complexity index is 920. The maximum absolute atomic E-state index is 13.3. The number of carbonyl (C=O) groups is 1. The first kappa shape index (κ1) is 20.0. The number of likely N-dealkylation sites (tertiary alicyclic amines) is 1. The Morgan fingerprint density at radius 1 is 1.28 bits per heavy atom. The van der Waals surface area contributed by atoms with E-state index < -0.39 is 0 Å². The molecular weight excluding hydrogens is 364 g/mol. The molecule has 156 valence electrons. The number of fused-ring (bicyclic) bond motifs is 1. The van der Waals surface area contributed by atoms with Crippen LogP contribution in [0.4, 0.5) is 0 Å². The fourth-order valence-electron chi connectivity index (χ4n) is 4.52. The molecule has 2 unspecified atom stereocenters. The molecule has 1 amide bonds. The summed E-state index contributed by atoms with van der Waals surface area (Å²) in [5.74, 6) is 0.867. The van der Waals surface area contributed by atoms with Gasteiger partial charge in [0.05, 0.1) is 24.2 Å². The summed E-state index contributed by atoms with van der Waals surface area (Å²) in [4.78, 5) is 27.1. The van der Waals surface area contributed by atoms with Crippen LogP contribution in [0.2, 0.25) is 0 Å². The number of aromatic nitrogens is 4. The normalized spacial score (nSPS) is 20.7. The fraction of sp³-hybridized carbons (Fsp3) is 0.636. The average molecular weight is 397 g/mol. The summed E-state index contributed by atoms with van der Waals surface area (Å²) in [6.45, 7) is 11.5. The second-order valence-corrected chi connectivity index (χ2v) is 8.76. The molecule has 1 saturated heterocycles. The van der Waals surface area contributed by atoms with Crippen molar-refractivity contribution in [2.75, 3.05) is 20.1 Å². The molecule has 0 N–H and O–H groups in total. The van der Waals surface area contributed by atoms with Crippen LogP contribution in [-0.4, -0.2) is 55.6 Å². The lowest BCUT2D eigenvalue weighted by molar-refractivity contribution is -0.136. The lowest BCUT2D eigenvalue weighted by Gasteiger charge is -2.28. The summed E-state index contributed by atoms with van der Waals surface area (Å²) in [6.07, 6.45) is 4.87. The molecule has 2 aliphatic heterocycles. The number of hydrogen-bond acceptors (Lipinski definition) is 5. The Kier molecular flexibility index (Phi) is 5.42. The van der Waals surface area contributed by atoms with E-state index in [1.165, 1.54) is 11.1 Å². The van der Waals surface area contributed by atoms with Gasteiger partial charge < -0.3 is 9.80 Å². The molecule has 0 saturated carbocycles. The standard InChI is InChI=1S/C22H32N6O/c1-14(12-28-17(4)15(2)16(3)25-28)22(29)27-9-6-7-20(27)21-23-11-18-13-26(5)10-8-19(18)24-21/h11,14,20H,6-10,12-13H2,1-5H3. The Balaban J connectivity index is 1.50. The van der Waals surface area contributed by atoms with Gasteiger partial charge in [-0.1, -0.05) is 6.92 Å². The molecule has 4 rings (SSSR count). The second-order valence-electron chi connectivity index (χ2n) is 8.76. The van der Waals surface area contributed by atoms with Crippen LogP contribution in [0.1, 0.15) is 59.8 Å². The highest BCUT2D eigenvalue weighted by Crippen LogP contribution is 2.32. The summed E-state index contributed by atoms with van der Waals surface area (Å²) in [5.41, 5.74) is 5.75. The molecule has 0 aliphatic carbocycles. The Morgan fingerprint density at radius 2 is 2.07 bits per heavy atom. The molecule has 2 aromatic heterocycles. The van der Waals surface area contributed by atoms with E-state index in [1.54, 1.807) is 0 Å². The highest BCUT2D eigenvalue weighted by molar-refractivity contribution is 5.79. The van der Waals surface area contributed by atoms with Crippen molar-refractivity contribution in [3.8, 4) is 0 Å². The van der Waals surface area contributed by atoms with E-state index in [-0.39, 0.29) is 17.9 Å². The van der Waals surface area contributed by atoms with Crippen molar-refractivity contribution >= 4 is 5.91 Å². The maximum Gasteiger partial charge on any atom is 0.227 e. The third-order valence-electron chi connectivity index (χ3n) is 6.59. The largest absolute Gasteiger partial charge is 0.332 e. The predicted octanol–water partition coefficient (Wildman–Crippen LogP) is 2.59. The summed E-state index contributed by atoms with van der Waals surface area (Å²) in [5, 5.41) is 4.61. The smallest absolute Gasteiger partial charge is 0.227 e. The van der Waals surface area contributed by atoms with Crippen LogP contribution >= 0.6 is 0 Å². The fourth-order valence-corrected chi connectivity index (χ4v) is 4.52. The van der Waals surface area contributed by atoms with E-state index >= 15 is 0 Å². The highest BCUT2D eigenvalue weighted by atomic mass is 16.2. The van der Waals surface area contributed by atoms with Gasteiger partial charge in [-0.2, -0.15) is 5.10 Å². The quantitative estimate of drug-likeness (QED) is 0.795. The summed E-state index contributed by atoms with van der Waals surface area (Å²) < 4.78 is 1.98. The molecule has 0 radical (unpaired) electrons. The van der Waals surface area contributed by atoms with Gasteiger partial charge in [-0.05, 0) is 46.2 Å². The van der Waals surface area contributed by atoms with E-state index in [1.807, 2.05) is 29.6 Å². The summed E-state index contributed by atoms with van der Waals surface area (Å²) in [6, 6.07) is -0.00269. The van der Waals surface area contributed by atoms with E-state index in [0.29, 0.717) is 6.54 Å². The van der Waals surface area contributed by atoms with E-state index in [4.69, 9.17) is 4.98 Å². The Morgan fingerprint density at radius 3 is 2.79 bits per heavy atom. The maximum atomic E-state index is 13.3. The van der Waals surface area contributed by atoms with Gasteiger partial charge in [0.2, 0.25) is 5.91 Å². The average Bonchev–Trinajstić information content (AvgIpc) is 3.28. The number of nitrogens with zero attached hydrogens (tertiary/aromatic N) is 6. The molecule has 7 heteroatoms. The van der Waals surface area contributed by atoms with Gasteiger partial charge >= 0.3 is 0 Å². The molecule has 0 spiro atoms. The van der Waals surface area contributed by atoms with Crippen LogP contribution in [0.25, 0.3) is 0 Å². The zero-order valence-electron chi connectivity index (χ0n) is 18.3. The summed E-state index contributed by atoms with van der Waals surface area (Å²) >= 11 is 0. The van der Waals surface area contributed by atoms with E-state index in [0.717, 1.165) is 61.8 Å². The van der Waals surface area contributed by atoms with Gasteiger partial charge in [0.1, 0.15) is 0 Å². The summed E-state index contributed by atoms with van der Waals surface area (Å²) in [7, 11) is 2.12. The van der Waals surface area contributed by atoms with Crippen molar-refractivity contribution in [2.45, 2.75) is 66.1 Å². The SMILES string of the molecule is Cc1nn(CC(C)C(=O)N2CCCC2c2ncc3c(n2)CCN(C)C3)c(C)c1C. The van der Waals surface area contributed by atoms with Gasteiger partial charge in [-0.15, -0.1) is 0 Å². The van der Waals surface area contributed by atoms with Crippen LogP contribution in [0.5, 0.6) is 0 Å². The molecule has 0 bridgehead atoms. The van der Waals surface area contributed by atoms with Gasteiger partial charge in [0.15, 0.2) is 5.82 Å². The van der Waals surface area contributed by atoms with Crippen molar-refractivity contribution in [3.63, 3.8) is 0 Å². The number of rotatable bonds is 4. The third kappa shape index (κ3) is 3.80. The number of aryl methyl sites for hydroxylation is 1. The van der Waals surface area contributed by atoms with Gasteiger partial charge in [-0.25, -0.2) is 9.97 Å². The number of hydrogen-bond donors (Lipinski definition) is 0. The monoisotopic (exact) mass is 396 g/mol. The first-order valence-corrected chi connectivity index (χ1v) is 10.7. The van der Waals surface area contributed by atoms with Crippen LogP contribution in [0, 0.1) is 26.7 Å². The molecule has 1 fully saturated rings. The van der Waals surface area contributed by atoms with Crippen molar-refractivity contribution in [1.82, 2.24) is 29.5 Å². The van der Waals surface area contributed by atoms with Crippen molar-refractivity contribution < 1.29 is 4.79 Å². The predicted molar refractivity (Wildman–Crippen MR) is 111 cm³/mol. The molecule has 7 nitrogen and oxygen atoms in total. The van der Waals surface area contributed by atoms with Crippen molar-refractivity contribution in [1.29, 1.82) is 0 Å².